The van der Waals surface area contributed by atoms with Crippen molar-refractivity contribution >= 4 is 28.5 Å². The highest BCUT2D eigenvalue weighted by molar-refractivity contribution is 6.36. The molecule has 0 saturated carbocycles. The molecule has 0 bridgehead atoms. The number of nitrogens with zero attached hydrogens (tertiary/aromatic N) is 3. The standard InChI is InChI=1S/C26H38N4O3/c1-7-19(23(27)25(32)33-26(4,5)6)17-30-11-10-20-16-21(8-9-22(20)30)24(31)29-14-12-28(13-15-29)18(2)3/h8-11,16,18-19,27H,7,12-15,17H2,1-6H3/t19-/m1/s1. The molecule has 0 unspecified atom stereocenters. The van der Waals surface area contributed by atoms with E-state index in [-0.39, 0.29) is 17.5 Å². The number of hydrogen-bond acceptors (Lipinski definition) is 5. The van der Waals surface area contributed by atoms with Crippen LogP contribution in [0.5, 0.6) is 0 Å². The Morgan fingerprint density at radius 2 is 1.76 bits per heavy atom. The van der Waals surface area contributed by atoms with Crippen molar-refractivity contribution in [1.29, 1.82) is 5.41 Å². The number of hydrogen-bond donors (Lipinski definition) is 1. The molecule has 1 aromatic heterocycles. The summed E-state index contributed by atoms with van der Waals surface area (Å²) in [4.78, 5) is 29.8. The summed E-state index contributed by atoms with van der Waals surface area (Å²) in [7, 11) is 0. The van der Waals surface area contributed by atoms with Crippen LogP contribution >= 0.6 is 0 Å². The summed E-state index contributed by atoms with van der Waals surface area (Å²) in [5, 5.41) is 9.33. The number of benzene rings is 1. The first-order valence-electron chi connectivity index (χ1n) is 11.9. The van der Waals surface area contributed by atoms with Gasteiger partial charge in [0.1, 0.15) is 11.3 Å². The van der Waals surface area contributed by atoms with Gasteiger partial charge >= 0.3 is 5.97 Å². The molecule has 1 aliphatic heterocycles. The highest BCUT2D eigenvalue weighted by Crippen LogP contribution is 2.22. The maximum absolute atomic E-state index is 13.1. The van der Waals surface area contributed by atoms with Crippen LogP contribution in [-0.4, -0.2) is 69.8 Å². The zero-order valence-corrected chi connectivity index (χ0v) is 20.9. The van der Waals surface area contributed by atoms with Gasteiger partial charge in [0.15, 0.2) is 0 Å². The van der Waals surface area contributed by atoms with Crippen LogP contribution in [0.3, 0.4) is 0 Å². The molecule has 1 aliphatic rings. The Morgan fingerprint density at radius 1 is 1.09 bits per heavy atom. The van der Waals surface area contributed by atoms with Crippen LogP contribution in [0.1, 0.15) is 58.3 Å². The van der Waals surface area contributed by atoms with Crippen molar-refractivity contribution < 1.29 is 14.3 Å². The molecule has 7 heteroatoms. The third-order valence-corrected chi connectivity index (χ3v) is 6.29. The number of carbonyl (C=O) groups excluding carboxylic acids is 2. The van der Waals surface area contributed by atoms with Crippen molar-refractivity contribution in [3.63, 3.8) is 0 Å². The summed E-state index contributed by atoms with van der Waals surface area (Å²) in [6.07, 6.45) is 2.63. The van der Waals surface area contributed by atoms with Gasteiger partial charge in [-0.3, -0.25) is 15.1 Å². The maximum atomic E-state index is 13.1. The normalized spacial score (nSPS) is 16.3. The Kier molecular flexibility index (Phi) is 7.62. The summed E-state index contributed by atoms with van der Waals surface area (Å²) in [6.45, 7) is 15.6. The minimum atomic E-state index is -0.619. The van der Waals surface area contributed by atoms with Gasteiger partial charge in [-0.25, -0.2) is 4.79 Å². The monoisotopic (exact) mass is 454 g/mol. The van der Waals surface area contributed by atoms with Gasteiger partial charge < -0.3 is 14.2 Å². The van der Waals surface area contributed by atoms with Gasteiger partial charge in [-0.1, -0.05) is 6.92 Å². The highest BCUT2D eigenvalue weighted by Gasteiger charge is 2.27. The van der Waals surface area contributed by atoms with Crippen LogP contribution in [0.2, 0.25) is 0 Å². The van der Waals surface area contributed by atoms with Crippen LogP contribution < -0.4 is 0 Å². The summed E-state index contributed by atoms with van der Waals surface area (Å²) in [6, 6.07) is 8.30. The molecule has 1 aromatic carbocycles. The molecule has 0 spiro atoms. The Morgan fingerprint density at radius 3 is 2.33 bits per heavy atom. The first-order valence-corrected chi connectivity index (χ1v) is 11.9. The summed E-state index contributed by atoms with van der Waals surface area (Å²) >= 11 is 0. The SMILES string of the molecule is CC[C@H](Cn1ccc2cc(C(=O)N3CCN(C(C)C)CC3)ccc21)C(=N)C(=O)OC(C)(C)C. The second-order valence-corrected chi connectivity index (χ2v) is 10.2. The maximum Gasteiger partial charge on any atom is 0.352 e. The van der Waals surface area contributed by atoms with Crippen molar-refractivity contribution in [3.8, 4) is 0 Å². The highest BCUT2D eigenvalue weighted by atomic mass is 16.6. The lowest BCUT2D eigenvalue weighted by molar-refractivity contribution is -0.146. The largest absolute Gasteiger partial charge is 0.455 e. The van der Waals surface area contributed by atoms with E-state index in [4.69, 9.17) is 10.1 Å². The average molecular weight is 455 g/mol. The molecule has 1 fully saturated rings. The first-order chi connectivity index (χ1) is 15.5. The van der Waals surface area contributed by atoms with Crippen LogP contribution in [0.25, 0.3) is 10.9 Å². The molecule has 1 amide bonds. The summed E-state index contributed by atoms with van der Waals surface area (Å²) in [5.41, 5.74) is 1.08. The minimum absolute atomic E-state index is 0.00149. The molecule has 33 heavy (non-hydrogen) atoms. The first kappa shape index (κ1) is 25.0. The number of esters is 1. The van der Waals surface area contributed by atoms with Gasteiger partial charge in [0, 0.05) is 67.3 Å². The zero-order valence-electron chi connectivity index (χ0n) is 20.9. The number of piperazine rings is 1. The Balaban J connectivity index is 1.71. The average Bonchev–Trinajstić information content (AvgIpc) is 3.17. The Labute approximate surface area is 197 Å². The molecule has 0 radical (unpaired) electrons. The summed E-state index contributed by atoms with van der Waals surface area (Å²) < 4.78 is 7.44. The van der Waals surface area contributed by atoms with Crippen LogP contribution in [0.4, 0.5) is 0 Å². The quantitative estimate of drug-likeness (QED) is 0.502. The minimum Gasteiger partial charge on any atom is -0.455 e. The lowest BCUT2D eigenvalue weighted by Gasteiger charge is -2.37. The van der Waals surface area contributed by atoms with Gasteiger partial charge in [-0.2, -0.15) is 0 Å². The lowest BCUT2D eigenvalue weighted by Crippen LogP contribution is -2.50. The number of nitrogens with one attached hydrogen (secondary N) is 1. The van der Waals surface area contributed by atoms with Gasteiger partial charge in [0.2, 0.25) is 0 Å². The number of rotatable bonds is 7. The second kappa shape index (κ2) is 10.1. The molecular formula is C26H38N4O3. The molecular weight excluding hydrogens is 416 g/mol. The van der Waals surface area contributed by atoms with Crippen LogP contribution in [-0.2, 0) is 16.1 Å². The Hall–Kier alpha value is -2.67. The van der Waals surface area contributed by atoms with Crippen LogP contribution in [0, 0.1) is 11.3 Å². The number of ether oxygens (including phenoxy) is 1. The fourth-order valence-corrected chi connectivity index (χ4v) is 4.28. The van der Waals surface area contributed by atoms with Crippen molar-refractivity contribution in [3.05, 3.63) is 36.0 Å². The topological polar surface area (TPSA) is 78.6 Å². The van der Waals surface area contributed by atoms with E-state index in [1.807, 2.05) is 63.1 Å². The molecule has 1 saturated heterocycles. The fourth-order valence-electron chi connectivity index (χ4n) is 4.28. The van der Waals surface area contributed by atoms with E-state index in [2.05, 4.69) is 23.3 Å². The number of amides is 1. The fraction of sp³-hybridized carbons (Fsp3) is 0.577. The van der Waals surface area contributed by atoms with Gasteiger partial charge in [0.05, 0.1) is 0 Å². The van der Waals surface area contributed by atoms with E-state index < -0.39 is 11.6 Å². The van der Waals surface area contributed by atoms with Crippen molar-refractivity contribution in [2.45, 2.75) is 66.2 Å². The zero-order chi connectivity index (χ0) is 24.3. The molecule has 7 nitrogen and oxygen atoms in total. The van der Waals surface area contributed by atoms with Crippen molar-refractivity contribution in [2.24, 2.45) is 5.92 Å². The predicted octanol–water partition coefficient (Wildman–Crippen LogP) is 4.20. The third kappa shape index (κ3) is 6.02. The Bertz CT molecular complexity index is 1010. The van der Waals surface area contributed by atoms with Gasteiger partial charge in [0.25, 0.3) is 5.91 Å². The predicted molar refractivity (Wildman–Crippen MR) is 132 cm³/mol. The smallest absolute Gasteiger partial charge is 0.352 e. The molecule has 2 heterocycles. The third-order valence-electron chi connectivity index (χ3n) is 6.29. The number of aromatic nitrogens is 1. The van der Waals surface area contributed by atoms with E-state index in [1.54, 1.807) is 0 Å². The molecule has 1 N–H and O–H groups in total. The molecule has 1 atom stereocenters. The van der Waals surface area contributed by atoms with E-state index in [9.17, 15) is 9.59 Å². The number of fused-ring (bicyclic) bond motifs is 1. The molecule has 0 aliphatic carbocycles. The van der Waals surface area contributed by atoms with Gasteiger partial charge in [-0.15, -0.1) is 0 Å². The van der Waals surface area contributed by atoms with E-state index in [1.165, 1.54) is 0 Å². The van der Waals surface area contributed by atoms with Crippen LogP contribution in [0.15, 0.2) is 30.5 Å². The molecule has 3 rings (SSSR count). The molecule has 2 aromatic rings. The van der Waals surface area contributed by atoms with E-state index in [0.717, 1.165) is 37.1 Å². The van der Waals surface area contributed by atoms with Crippen molar-refractivity contribution in [2.75, 3.05) is 26.2 Å². The number of carbonyl (C=O) groups is 2. The van der Waals surface area contributed by atoms with Crippen molar-refractivity contribution in [1.82, 2.24) is 14.4 Å². The lowest BCUT2D eigenvalue weighted by atomic mass is 9.99. The van der Waals surface area contributed by atoms with Gasteiger partial charge in [-0.05, 0) is 65.3 Å². The second-order valence-electron chi connectivity index (χ2n) is 10.2. The molecule has 180 valence electrons. The van der Waals surface area contributed by atoms with E-state index >= 15 is 0 Å². The summed E-state index contributed by atoms with van der Waals surface area (Å²) in [5.74, 6) is -0.725. The van der Waals surface area contributed by atoms with E-state index in [0.29, 0.717) is 24.6 Å².